The lowest BCUT2D eigenvalue weighted by atomic mass is 9.86. The molecule has 7 aliphatic rings. The Morgan fingerprint density at radius 2 is 0.522 bits per heavy atom. The van der Waals surface area contributed by atoms with Crippen molar-refractivity contribution in [1.29, 1.82) is 0 Å². The van der Waals surface area contributed by atoms with E-state index >= 15 is 0 Å². The number of fused-ring (bicyclic) bond motifs is 6. The third-order valence-electron chi connectivity index (χ3n) is 26.4. The van der Waals surface area contributed by atoms with Crippen molar-refractivity contribution in [3.8, 4) is 22.3 Å². The summed E-state index contributed by atoms with van der Waals surface area (Å²) in [6.45, 7) is 44.9. The van der Waals surface area contributed by atoms with Crippen molar-refractivity contribution in [2.75, 3.05) is 70.1 Å². The zero-order valence-electron chi connectivity index (χ0n) is 80.9. The molecule has 0 atom stereocenters. The van der Waals surface area contributed by atoms with Gasteiger partial charge in [-0.25, -0.2) is 0 Å². The maximum Gasteiger partial charge on any atom is 0.122 e. The van der Waals surface area contributed by atoms with E-state index in [-0.39, 0.29) is 28.0 Å². The van der Waals surface area contributed by atoms with Crippen LogP contribution in [-0.2, 0) is 37.9 Å². The highest BCUT2D eigenvalue weighted by Gasteiger charge is 2.56. The number of hydrogen-bond donors (Lipinski definition) is 0. The van der Waals surface area contributed by atoms with E-state index in [0.29, 0.717) is 15.1 Å². The average molecular weight is 1610 g/mol. The topological polar surface area (TPSA) is 73.8 Å². The van der Waals surface area contributed by atoms with Gasteiger partial charge in [-0.15, -0.1) is 0 Å². The van der Waals surface area contributed by atoms with Crippen molar-refractivity contribution in [3.63, 3.8) is 0 Å². The molecule has 638 valence electrons. The van der Waals surface area contributed by atoms with Crippen LogP contribution in [0.2, 0.25) is 34.8 Å². The molecular weight excluding hydrogens is 1440 g/mol. The summed E-state index contributed by atoms with van der Waals surface area (Å²) >= 11 is 0. The molecule has 0 radical (unpaired) electrons. The Bertz CT molecular complexity index is 3270. The highest BCUT2D eigenvalue weighted by molar-refractivity contribution is 7.07. The van der Waals surface area contributed by atoms with Gasteiger partial charge >= 0.3 is 0 Å². The van der Waals surface area contributed by atoms with E-state index in [9.17, 15) is 0 Å². The van der Waals surface area contributed by atoms with Gasteiger partial charge in [-0.05, 0) is 233 Å². The highest BCUT2D eigenvalue weighted by atomic mass is 28.3. The third-order valence-corrected chi connectivity index (χ3v) is 44.1. The lowest BCUT2D eigenvalue weighted by Gasteiger charge is -2.48. The second-order valence-electron chi connectivity index (χ2n) is 37.9. The van der Waals surface area contributed by atoms with Crippen LogP contribution in [0, 0.1) is 0 Å². The zero-order chi connectivity index (χ0) is 87.4. The predicted octanol–water partition coefficient (Wildman–Crippen LogP) is 25.5. The summed E-state index contributed by atoms with van der Waals surface area (Å²) < 4.78 is 60.2. The molecule has 5 fully saturated rings. The van der Waals surface area contributed by atoms with Crippen molar-refractivity contribution in [2.24, 2.45) is 0 Å². The van der Waals surface area contributed by atoms with Gasteiger partial charge in [0.1, 0.15) is 24.2 Å². The Morgan fingerprint density at radius 3 is 0.708 bits per heavy atom. The maximum atomic E-state index is 6.94. The molecule has 0 N–H and O–H groups in total. The predicted molar refractivity (Wildman–Crippen MR) is 503 cm³/mol. The first kappa shape index (κ1) is 97.5. The van der Waals surface area contributed by atoms with Gasteiger partial charge in [0.15, 0.2) is 0 Å². The number of benzene rings is 6. The third kappa shape index (κ3) is 31.1. The molecule has 0 unspecified atom stereocenters. The fourth-order valence-corrected chi connectivity index (χ4v) is 32.5. The van der Waals surface area contributed by atoms with E-state index in [1.165, 1.54) is 190 Å². The van der Waals surface area contributed by atoms with Crippen LogP contribution >= 0.6 is 0 Å². The first-order valence-corrected chi connectivity index (χ1v) is 51.1. The smallest absolute Gasteiger partial charge is 0.122 e. The second kappa shape index (κ2) is 48.6. The molecule has 2 heterocycles. The summed E-state index contributed by atoms with van der Waals surface area (Å²) in [5.74, 6) is 0. The van der Waals surface area contributed by atoms with E-state index in [4.69, 9.17) is 32.5 Å². The summed E-state index contributed by atoms with van der Waals surface area (Å²) in [5, 5.41) is 11.5. The van der Waals surface area contributed by atoms with Crippen molar-refractivity contribution < 1.29 is 42.0 Å². The van der Waals surface area contributed by atoms with E-state index in [1.54, 1.807) is 80.5 Å². The number of rotatable bonds is 9. The van der Waals surface area contributed by atoms with E-state index in [2.05, 4.69) is 221 Å². The number of hydrogen-bond acceptors (Lipinski definition) is 8. The molecule has 0 amide bonds. The van der Waals surface area contributed by atoms with Crippen LogP contribution in [0.3, 0.4) is 0 Å². The molecule has 5 saturated carbocycles. The van der Waals surface area contributed by atoms with Gasteiger partial charge in [-0.1, -0.05) is 305 Å². The lowest BCUT2D eigenvalue weighted by Crippen LogP contribution is -2.63. The molecule has 0 spiro atoms. The minimum absolute atomic E-state index is 0.0417. The van der Waals surface area contributed by atoms with Crippen molar-refractivity contribution in [1.82, 2.24) is 0 Å². The molecule has 5 aliphatic carbocycles. The number of ether oxygens (including phenoxy) is 8. The van der Waals surface area contributed by atoms with Gasteiger partial charge in [-0.2, -0.15) is 0 Å². The Labute approximate surface area is 703 Å². The highest BCUT2D eigenvalue weighted by Crippen LogP contribution is 2.55. The molecule has 6 aromatic rings. The van der Waals surface area contributed by atoms with E-state index in [0.717, 1.165) is 13.2 Å². The summed E-state index contributed by atoms with van der Waals surface area (Å²) in [5.41, 5.74) is 5.63. The van der Waals surface area contributed by atoms with E-state index in [1.807, 2.05) is 90.4 Å². The Kier molecular flexibility index (Phi) is 42.0. The molecule has 0 bridgehead atoms. The SMILES string of the molecule is CC1([Si](C)(c2ccccc2)c2ccccc2)CCCCC1.CC1([Si]2(C)c3ccccc3-c3ccccc32)CCCCC1.CC1([Si]2(C)c3ccccc3-c3ccccc32)CCCCC1.CCOC.CCOC.COC(C)(C)C.COC(C)(C)C.COC(C)(C)C.COC1(C)CCCCC1.COC1(C)CCCCC1.[2H]C([2H])([2H])C(C)(C)OC. The molecule has 8 nitrogen and oxygen atoms in total. The fraction of sp³-hybridized carbons (Fsp3) is 0.647. The minimum atomic E-state index is -2.03. The quantitative estimate of drug-likeness (QED) is 0.133. The van der Waals surface area contributed by atoms with Gasteiger partial charge in [0.2, 0.25) is 0 Å². The standard InChI is InChI=1S/2C20H24Si.C20H26Si.2C8H16O.4C5H12O.2C3H8O/c2*1-20(14-8-3-9-15-20)21(2)18-12-6-4-10-16(18)17-11-5-7-13-19(17)21;1-20(16-10-5-11-17-20)21(2,18-12-6-3-7-13-18)19-14-8-4-9-15-19;2*1-8(9-2)6-4-3-5-7-8;4*1-5(2,3)6-4;2*1-3-4-2/h2*4-7,10-13H,3,8-9,14-15H2,1-2H3;3-4,6-9,12-15H,5,10-11,16-17H2,1-2H3;2*3-7H2,1-2H3;4*1-4H3;2*3H2,1-2H3/i;;;;;1D3;;;;;. The van der Waals surface area contributed by atoms with Crippen molar-refractivity contribution in [3.05, 3.63) is 158 Å². The van der Waals surface area contributed by atoms with Crippen LogP contribution in [0.4, 0.5) is 0 Å². The molecule has 13 rings (SSSR count). The van der Waals surface area contributed by atoms with Crippen LogP contribution in [0.1, 0.15) is 296 Å². The largest absolute Gasteiger partial charge is 0.385 e. The van der Waals surface area contributed by atoms with Crippen LogP contribution in [0.25, 0.3) is 22.3 Å². The summed E-state index contributed by atoms with van der Waals surface area (Å²) in [6, 6.07) is 59.6. The van der Waals surface area contributed by atoms with Gasteiger partial charge in [0.25, 0.3) is 0 Å². The summed E-state index contributed by atoms with van der Waals surface area (Å²) in [4.78, 5) is 0. The van der Waals surface area contributed by atoms with Crippen LogP contribution in [0.5, 0.6) is 0 Å². The normalized spacial score (nSPS) is 19.2. The minimum Gasteiger partial charge on any atom is -0.385 e. The van der Waals surface area contributed by atoms with Gasteiger partial charge in [-0.3, -0.25) is 0 Å². The van der Waals surface area contributed by atoms with Crippen molar-refractivity contribution >= 4 is 55.3 Å². The molecular formula is C102H170O8Si3. The maximum absolute atomic E-state index is 6.94. The van der Waals surface area contributed by atoms with Gasteiger partial charge in [0, 0.05) is 74.2 Å². The van der Waals surface area contributed by atoms with Crippen LogP contribution < -0.4 is 31.1 Å². The molecule has 6 aromatic carbocycles. The Hall–Kier alpha value is -4.35. The van der Waals surface area contributed by atoms with Gasteiger partial charge < -0.3 is 37.9 Å². The average Bonchev–Trinajstić information content (AvgIpc) is 1.54. The van der Waals surface area contributed by atoms with E-state index < -0.39 is 36.7 Å². The Balaban J connectivity index is 0.000000348. The molecule has 113 heavy (non-hydrogen) atoms. The fourth-order valence-electron chi connectivity index (χ4n) is 17.1. The first-order chi connectivity index (χ1) is 54.4. The van der Waals surface area contributed by atoms with Crippen LogP contribution in [-0.4, -0.2) is 128 Å². The number of methoxy groups -OCH3 is 8. The Morgan fingerprint density at radius 1 is 0.319 bits per heavy atom. The zero-order valence-corrected chi connectivity index (χ0v) is 80.9. The first-order valence-electron chi connectivity index (χ1n) is 45.1. The van der Waals surface area contributed by atoms with Crippen LogP contribution in [0.15, 0.2) is 158 Å². The van der Waals surface area contributed by atoms with Crippen molar-refractivity contribution in [2.45, 2.75) is 360 Å². The van der Waals surface area contributed by atoms with Gasteiger partial charge in [0.05, 0.1) is 33.6 Å². The molecule has 11 heteroatoms. The summed E-state index contributed by atoms with van der Waals surface area (Å²) in [6.07, 6.45) is 34.4. The summed E-state index contributed by atoms with van der Waals surface area (Å²) in [7, 11) is 8.50. The molecule has 0 aromatic heterocycles. The molecule has 2 aliphatic heterocycles. The monoisotopic (exact) mass is 1610 g/mol. The second-order valence-corrected chi connectivity index (χ2v) is 51.6. The molecule has 0 saturated heterocycles. The lowest BCUT2D eigenvalue weighted by molar-refractivity contribution is -0.0234.